The number of carbonyl (C=O) groups is 1. The summed E-state index contributed by atoms with van der Waals surface area (Å²) in [6, 6.07) is 9.73. The lowest BCUT2D eigenvalue weighted by molar-refractivity contribution is -0.116. The third-order valence-corrected chi connectivity index (χ3v) is 1.67. The number of rotatable bonds is 3. The molecule has 74 valence electrons. The normalized spacial score (nSPS) is 11.1. The van der Waals surface area contributed by atoms with Crippen LogP contribution in [0.25, 0.3) is 0 Å². The molecule has 0 fully saturated rings. The van der Waals surface area contributed by atoms with Crippen LogP contribution >= 0.6 is 0 Å². The van der Waals surface area contributed by atoms with E-state index in [1.807, 2.05) is 30.3 Å². The predicted octanol–water partition coefficient (Wildman–Crippen LogP) is 1.17. The van der Waals surface area contributed by atoms with Gasteiger partial charge in [0.1, 0.15) is 0 Å². The minimum Gasteiger partial charge on any atom is -0.402 e. The summed E-state index contributed by atoms with van der Waals surface area (Å²) in [5.41, 5.74) is 6.95. The van der Waals surface area contributed by atoms with Crippen molar-refractivity contribution in [2.75, 3.05) is 0 Å². The number of nitrogens with two attached hydrogens (primary N) is 1. The van der Waals surface area contributed by atoms with Crippen LogP contribution in [0.2, 0.25) is 0 Å². The van der Waals surface area contributed by atoms with Gasteiger partial charge < -0.3 is 11.1 Å². The highest BCUT2D eigenvalue weighted by molar-refractivity contribution is 5.87. The first kappa shape index (κ1) is 10.3. The summed E-state index contributed by atoms with van der Waals surface area (Å²) in [6.45, 7) is 2.21. The van der Waals surface area contributed by atoms with Crippen LogP contribution in [0.3, 0.4) is 0 Å². The van der Waals surface area contributed by atoms with Gasteiger partial charge in [-0.1, -0.05) is 30.3 Å². The van der Waals surface area contributed by atoms with Crippen molar-refractivity contribution < 1.29 is 4.79 Å². The number of carbonyl (C=O) groups excluding carboxylic acids is 1. The Bertz CT molecular complexity index is 326. The van der Waals surface area contributed by atoms with Crippen molar-refractivity contribution >= 4 is 5.91 Å². The smallest absolute Gasteiger partial charge is 0.245 e. The molecule has 0 spiro atoms. The lowest BCUT2D eigenvalue weighted by Crippen LogP contribution is -2.21. The first-order valence-electron chi connectivity index (χ1n) is 4.44. The molecule has 0 radical (unpaired) electrons. The van der Waals surface area contributed by atoms with Crippen molar-refractivity contribution in [3.63, 3.8) is 0 Å². The molecule has 0 saturated carbocycles. The molecule has 0 aromatic heterocycles. The third kappa shape index (κ3) is 3.76. The molecule has 1 rings (SSSR count). The first-order chi connectivity index (χ1) is 6.68. The summed E-state index contributed by atoms with van der Waals surface area (Å²) >= 11 is 0. The number of allylic oxidation sites excluding steroid dienone is 1. The summed E-state index contributed by atoms with van der Waals surface area (Å²) in [5, 5.41) is 2.73. The SMILES string of the molecule is C/C(N)=C/C(=O)NCc1ccccc1. The van der Waals surface area contributed by atoms with Gasteiger partial charge in [-0.3, -0.25) is 4.79 Å². The van der Waals surface area contributed by atoms with Crippen molar-refractivity contribution in [1.82, 2.24) is 5.32 Å². The van der Waals surface area contributed by atoms with Crippen molar-refractivity contribution in [3.8, 4) is 0 Å². The first-order valence-corrected chi connectivity index (χ1v) is 4.44. The van der Waals surface area contributed by atoms with E-state index in [9.17, 15) is 4.79 Å². The van der Waals surface area contributed by atoms with Gasteiger partial charge in [-0.2, -0.15) is 0 Å². The average molecular weight is 190 g/mol. The molecule has 0 aliphatic heterocycles. The second-order valence-electron chi connectivity index (χ2n) is 3.09. The zero-order valence-corrected chi connectivity index (χ0v) is 8.16. The van der Waals surface area contributed by atoms with Crippen LogP contribution in [0.15, 0.2) is 42.1 Å². The quantitative estimate of drug-likeness (QED) is 0.703. The summed E-state index contributed by atoms with van der Waals surface area (Å²) < 4.78 is 0. The molecule has 1 amide bonds. The molecule has 3 nitrogen and oxygen atoms in total. The highest BCUT2D eigenvalue weighted by Crippen LogP contribution is 1.96. The van der Waals surface area contributed by atoms with Crippen LogP contribution in [0, 0.1) is 0 Å². The summed E-state index contributed by atoms with van der Waals surface area (Å²) in [7, 11) is 0. The van der Waals surface area contributed by atoms with Crippen molar-refractivity contribution in [1.29, 1.82) is 0 Å². The molecular weight excluding hydrogens is 176 g/mol. The second-order valence-corrected chi connectivity index (χ2v) is 3.09. The largest absolute Gasteiger partial charge is 0.402 e. The molecule has 0 saturated heterocycles. The van der Waals surface area contributed by atoms with Crippen LogP contribution in [0.4, 0.5) is 0 Å². The third-order valence-electron chi connectivity index (χ3n) is 1.67. The fourth-order valence-corrected chi connectivity index (χ4v) is 1.04. The van der Waals surface area contributed by atoms with E-state index in [2.05, 4.69) is 5.32 Å². The zero-order chi connectivity index (χ0) is 10.4. The Balaban J connectivity index is 2.42. The van der Waals surface area contributed by atoms with Gasteiger partial charge in [0, 0.05) is 18.3 Å². The zero-order valence-electron chi connectivity index (χ0n) is 8.16. The van der Waals surface area contributed by atoms with Gasteiger partial charge in [0.2, 0.25) is 5.91 Å². The van der Waals surface area contributed by atoms with Gasteiger partial charge in [0.15, 0.2) is 0 Å². The Labute approximate surface area is 83.6 Å². The molecule has 3 N–H and O–H groups in total. The molecule has 0 heterocycles. The van der Waals surface area contributed by atoms with E-state index in [4.69, 9.17) is 5.73 Å². The fraction of sp³-hybridized carbons (Fsp3) is 0.182. The van der Waals surface area contributed by atoms with Crippen LogP contribution in [-0.2, 0) is 11.3 Å². The minimum atomic E-state index is -0.158. The molecule has 0 bridgehead atoms. The van der Waals surface area contributed by atoms with Crippen molar-refractivity contribution in [3.05, 3.63) is 47.7 Å². The van der Waals surface area contributed by atoms with Gasteiger partial charge >= 0.3 is 0 Å². The van der Waals surface area contributed by atoms with Crippen LogP contribution < -0.4 is 11.1 Å². The monoisotopic (exact) mass is 190 g/mol. The Morgan fingerprint density at radius 3 is 2.64 bits per heavy atom. The van der Waals surface area contributed by atoms with Gasteiger partial charge in [-0.25, -0.2) is 0 Å². The molecule has 3 heteroatoms. The standard InChI is InChI=1S/C11H14N2O/c1-9(12)7-11(14)13-8-10-5-3-2-4-6-10/h2-7H,8,12H2,1H3,(H,13,14)/b9-7-. The molecule has 0 atom stereocenters. The van der Waals surface area contributed by atoms with E-state index in [1.165, 1.54) is 6.08 Å². The van der Waals surface area contributed by atoms with Crippen LogP contribution in [0.5, 0.6) is 0 Å². The molecular formula is C11H14N2O. The van der Waals surface area contributed by atoms with E-state index >= 15 is 0 Å². The maximum Gasteiger partial charge on any atom is 0.245 e. The number of amides is 1. The van der Waals surface area contributed by atoms with E-state index in [0.29, 0.717) is 12.2 Å². The Hall–Kier alpha value is -1.77. The van der Waals surface area contributed by atoms with E-state index < -0.39 is 0 Å². The van der Waals surface area contributed by atoms with Crippen LogP contribution in [0.1, 0.15) is 12.5 Å². The Morgan fingerprint density at radius 2 is 2.07 bits per heavy atom. The highest BCUT2D eigenvalue weighted by atomic mass is 16.1. The number of nitrogens with one attached hydrogen (secondary N) is 1. The minimum absolute atomic E-state index is 0.158. The van der Waals surface area contributed by atoms with Gasteiger partial charge in [-0.05, 0) is 12.5 Å². The maximum atomic E-state index is 11.2. The van der Waals surface area contributed by atoms with Crippen LogP contribution in [-0.4, -0.2) is 5.91 Å². The number of hydrogen-bond donors (Lipinski definition) is 2. The summed E-state index contributed by atoms with van der Waals surface area (Å²) in [5.74, 6) is -0.158. The lowest BCUT2D eigenvalue weighted by atomic mass is 10.2. The molecule has 1 aromatic rings. The van der Waals surface area contributed by atoms with Crippen molar-refractivity contribution in [2.45, 2.75) is 13.5 Å². The van der Waals surface area contributed by atoms with Crippen molar-refractivity contribution in [2.24, 2.45) is 5.73 Å². The molecule has 0 unspecified atom stereocenters. The molecule has 14 heavy (non-hydrogen) atoms. The van der Waals surface area contributed by atoms with E-state index in [0.717, 1.165) is 5.56 Å². The maximum absolute atomic E-state index is 11.2. The van der Waals surface area contributed by atoms with Gasteiger partial charge in [-0.15, -0.1) is 0 Å². The summed E-state index contributed by atoms with van der Waals surface area (Å²) in [6.07, 6.45) is 1.38. The predicted molar refractivity (Wildman–Crippen MR) is 56.2 cm³/mol. The molecule has 0 aliphatic carbocycles. The van der Waals surface area contributed by atoms with E-state index in [-0.39, 0.29) is 5.91 Å². The number of hydrogen-bond acceptors (Lipinski definition) is 2. The van der Waals surface area contributed by atoms with Gasteiger partial charge in [0.05, 0.1) is 0 Å². The second kappa shape index (κ2) is 5.07. The fourth-order valence-electron chi connectivity index (χ4n) is 1.04. The Kier molecular flexibility index (Phi) is 3.73. The summed E-state index contributed by atoms with van der Waals surface area (Å²) in [4.78, 5) is 11.2. The average Bonchev–Trinajstić information content (AvgIpc) is 2.15. The molecule has 0 aliphatic rings. The lowest BCUT2D eigenvalue weighted by Gasteiger charge is -2.01. The highest BCUT2D eigenvalue weighted by Gasteiger charge is 1.96. The topological polar surface area (TPSA) is 55.1 Å². The van der Waals surface area contributed by atoms with E-state index in [1.54, 1.807) is 6.92 Å². The Morgan fingerprint density at radius 1 is 1.43 bits per heavy atom. The van der Waals surface area contributed by atoms with Gasteiger partial charge in [0.25, 0.3) is 0 Å². The number of benzene rings is 1. The molecule has 1 aromatic carbocycles.